The zero-order chi connectivity index (χ0) is 12.1. The first kappa shape index (κ1) is 15.1. The van der Waals surface area contributed by atoms with Crippen molar-refractivity contribution in [2.24, 2.45) is 8.30 Å². The van der Waals surface area contributed by atoms with Crippen molar-refractivity contribution in [3.05, 3.63) is 0 Å². The van der Waals surface area contributed by atoms with Crippen LogP contribution in [0.15, 0.2) is 8.30 Å². The first-order valence-corrected chi connectivity index (χ1v) is 11.5. The number of nitrogens with zero attached hydrogens (tertiary/aromatic N) is 2. The molecule has 2 N–H and O–H groups in total. The minimum Gasteiger partial charge on any atom is -0.207 e. The first-order valence-electron chi connectivity index (χ1n) is 5.71. The molecule has 4 nitrogen and oxygen atoms in total. The largest absolute Gasteiger partial charge is 0.207 e. The van der Waals surface area contributed by atoms with Crippen LogP contribution < -0.4 is 8.99 Å². The molecular formula is C8H22N4P2S2. The van der Waals surface area contributed by atoms with Gasteiger partial charge in [-0.25, -0.2) is 17.3 Å². The van der Waals surface area contributed by atoms with Crippen molar-refractivity contribution in [3.8, 4) is 0 Å². The van der Waals surface area contributed by atoms with E-state index < -0.39 is 14.4 Å². The van der Waals surface area contributed by atoms with Gasteiger partial charge in [0.05, 0.1) is 38.7 Å². The minimum atomic E-state index is -1.34. The van der Waals surface area contributed by atoms with Gasteiger partial charge in [-0.2, -0.15) is 0 Å². The Morgan fingerprint density at radius 3 is 1.31 bits per heavy atom. The van der Waals surface area contributed by atoms with Gasteiger partial charge in [-0.15, -0.1) is 0 Å². The Morgan fingerprint density at radius 1 is 0.750 bits per heavy atom. The third-order valence-electron chi connectivity index (χ3n) is 2.91. The molecule has 0 unspecified atom stereocenters. The monoisotopic (exact) mass is 300 g/mol. The van der Waals surface area contributed by atoms with Crippen molar-refractivity contribution in [1.82, 2.24) is 8.99 Å². The van der Waals surface area contributed by atoms with E-state index in [1.54, 1.807) is 24.3 Å². The molecule has 1 aliphatic heterocycles. The average Bonchev–Trinajstić information content (AvgIpc) is 2.31. The smallest absolute Gasteiger partial charge is 0.0636 e. The molecule has 0 aromatic rings. The predicted octanol–water partition coefficient (Wildman–Crippen LogP) is 4.62. The summed E-state index contributed by atoms with van der Waals surface area (Å²) in [6.45, 7) is 8.83. The number of nitrogens with one attached hydrogen (secondary N) is 2. The third-order valence-corrected chi connectivity index (χ3v) is 13.6. The van der Waals surface area contributed by atoms with Gasteiger partial charge in [0.1, 0.15) is 0 Å². The summed E-state index contributed by atoms with van der Waals surface area (Å²) in [6.07, 6.45) is 4.41. The Labute approximate surface area is 108 Å². The van der Waals surface area contributed by atoms with Crippen LogP contribution in [-0.4, -0.2) is 24.6 Å². The van der Waals surface area contributed by atoms with Crippen LogP contribution in [0.4, 0.5) is 0 Å². The van der Waals surface area contributed by atoms with E-state index in [0.29, 0.717) is 0 Å². The van der Waals surface area contributed by atoms with Gasteiger partial charge in [0, 0.05) is 0 Å². The van der Waals surface area contributed by atoms with Gasteiger partial charge >= 0.3 is 0 Å². The Morgan fingerprint density at radius 2 is 1.06 bits per heavy atom. The van der Waals surface area contributed by atoms with Crippen LogP contribution in [0.25, 0.3) is 0 Å². The number of hydrogen-bond acceptors (Lipinski definition) is 6. The molecule has 1 rings (SSSR count). The zero-order valence-electron chi connectivity index (χ0n) is 10.4. The van der Waals surface area contributed by atoms with Crippen LogP contribution in [0, 0.1) is 0 Å². The number of hydrogen-bond donors (Lipinski definition) is 2. The summed E-state index contributed by atoms with van der Waals surface area (Å²) in [4.78, 5) is 0. The standard InChI is InChI=1S/C8H22N4P2S2/c1-5-13(6-2)9-15-11-14(7-3,8-4)12-16-10-13/h9,12H,5-8H2,1-4H3. The fourth-order valence-corrected chi connectivity index (χ4v) is 10.4. The van der Waals surface area contributed by atoms with Crippen LogP contribution in [0.2, 0.25) is 0 Å². The van der Waals surface area contributed by atoms with E-state index in [1.807, 2.05) is 0 Å². The molecule has 8 heteroatoms. The SMILES string of the molecule is CCP1(CC)=NSNP(CC)(CC)=NSN1. The van der Waals surface area contributed by atoms with Crippen LogP contribution in [0.5, 0.6) is 0 Å². The maximum atomic E-state index is 4.80. The second-order valence-corrected chi connectivity index (χ2v) is 13.0. The lowest BCUT2D eigenvalue weighted by Crippen LogP contribution is -2.10. The van der Waals surface area contributed by atoms with Gasteiger partial charge < -0.3 is 0 Å². The van der Waals surface area contributed by atoms with E-state index >= 15 is 0 Å². The highest BCUT2D eigenvalue weighted by molar-refractivity contribution is 8.10. The molecule has 0 fully saturated rings. The first-order chi connectivity index (χ1) is 7.66. The maximum absolute atomic E-state index is 4.80. The van der Waals surface area contributed by atoms with Crippen molar-refractivity contribution < 1.29 is 0 Å². The van der Waals surface area contributed by atoms with Crippen molar-refractivity contribution in [2.75, 3.05) is 24.6 Å². The van der Waals surface area contributed by atoms with E-state index in [1.165, 1.54) is 0 Å². The lowest BCUT2D eigenvalue weighted by atomic mass is 11.0. The summed E-state index contributed by atoms with van der Waals surface area (Å²) in [5.74, 6) is 0. The molecule has 0 bridgehead atoms. The molecule has 96 valence electrons. The predicted molar refractivity (Wildman–Crippen MR) is 82.3 cm³/mol. The fourth-order valence-electron chi connectivity index (χ4n) is 1.31. The lowest BCUT2D eigenvalue weighted by Gasteiger charge is -2.27. The quantitative estimate of drug-likeness (QED) is 0.587. The molecule has 0 aliphatic carbocycles. The summed E-state index contributed by atoms with van der Waals surface area (Å²) in [5.41, 5.74) is 0. The molecule has 16 heavy (non-hydrogen) atoms. The molecule has 0 amide bonds. The summed E-state index contributed by atoms with van der Waals surface area (Å²) < 4.78 is 16.6. The Hall–Kier alpha value is 1.08. The summed E-state index contributed by atoms with van der Waals surface area (Å²) in [6, 6.07) is 0. The molecule has 0 radical (unpaired) electrons. The molecule has 0 aromatic carbocycles. The minimum absolute atomic E-state index is 1.10. The Balaban J connectivity index is 2.85. The molecule has 0 saturated carbocycles. The Bertz CT molecular complexity index is 284. The highest BCUT2D eigenvalue weighted by atomic mass is 32.2. The highest BCUT2D eigenvalue weighted by Gasteiger charge is 2.21. The van der Waals surface area contributed by atoms with Gasteiger partial charge in [-0.1, -0.05) is 27.7 Å². The average molecular weight is 300 g/mol. The van der Waals surface area contributed by atoms with Crippen molar-refractivity contribution in [3.63, 3.8) is 0 Å². The summed E-state index contributed by atoms with van der Waals surface area (Å²) in [5, 5.41) is 0. The zero-order valence-corrected chi connectivity index (χ0v) is 13.9. The second-order valence-electron chi connectivity index (χ2n) is 3.64. The van der Waals surface area contributed by atoms with E-state index in [2.05, 4.69) is 36.7 Å². The summed E-state index contributed by atoms with van der Waals surface area (Å²) in [7, 11) is -2.68. The van der Waals surface area contributed by atoms with Crippen LogP contribution in [-0.2, 0) is 0 Å². The van der Waals surface area contributed by atoms with E-state index in [4.69, 9.17) is 8.30 Å². The third kappa shape index (κ3) is 3.54. The highest BCUT2D eigenvalue weighted by Crippen LogP contribution is 2.56. The van der Waals surface area contributed by atoms with Crippen molar-refractivity contribution in [2.45, 2.75) is 27.7 Å². The molecular weight excluding hydrogens is 278 g/mol. The van der Waals surface area contributed by atoms with Gasteiger partial charge in [0.15, 0.2) is 0 Å². The van der Waals surface area contributed by atoms with Crippen molar-refractivity contribution >= 4 is 38.7 Å². The van der Waals surface area contributed by atoms with Crippen LogP contribution in [0.3, 0.4) is 0 Å². The van der Waals surface area contributed by atoms with E-state index in [-0.39, 0.29) is 0 Å². The van der Waals surface area contributed by atoms with Gasteiger partial charge in [-0.05, 0) is 24.6 Å². The van der Waals surface area contributed by atoms with Crippen molar-refractivity contribution in [1.29, 1.82) is 0 Å². The molecule has 0 atom stereocenters. The van der Waals surface area contributed by atoms with Crippen LogP contribution in [0.1, 0.15) is 27.7 Å². The van der Waals surface area contributed by atoms with Gasteiger partial charge in [0.25, 0.3) is 0 Å². The van der Waals surface area contributed by atoms with Gasteiger partial charge in [0.2, 0.25) is 0 Å². The molecule has 0 saturated heterocycles. The maximum Gasteiger partial charge on any atom is 0.0636 e. The number of rotatable bonds is 4. The molecule has 0 aromatic heterocycles. The van der Waals surface area contributed by atoms with E-state index in [0.717, 1.165) is 24.6 Å². The second kappa shape index (κ2) is 6.86. The topological polar surface area (TPSA) is 48.8 Å². The molecule has 1 aliphatic rings. The molecule has 1 heterocycles. The normalized spacial score (nSPS) is 23.8. The lowest BCUT2D eigenvalue weighted by molar-refractivity contribution is 1.31. The Kier molecular flexibility index (Phi) is 6.50. The molecule has 0 spiro atoms. The summed E-state index contributed by atoms with van der Waals surface area (Å²) >= 11 is 3.09. The van der Waals surface area contributed by atoms with Crippen LogP contribution >= 0.6 is 38.7 Å². The van der Waals surface area contributed by atoms with E-state index in [9.17, 15) is 0 Å². The fraction of sp³-hybridized carbons (Fsp3) is 1.00. The van der Waals surface area contributed by atoms with Gasteiger partial charge in [-0.3, -0.25) is 0 Å².